The van der Waals surface area contributed by atoms with Crippen molar-refractivity contribution < 1.29 is 4.79 Å². The Morgan fingerprint density at radius 2 is 1.89 bits per heavy atom. The molecular weight excluding hydrogens is 301 g/mol. The van der Waals surface area contributed by atoms with E-state index < -0.39 is 9.75 Å². The molecule has 1 aromatic rings. The second-order valence-corrected chi connectivity index (χ2v) is 7.55. The van der Waals surface area contributed by atoms with E-state index in [1.165, 1.54) is 4.90 Å². The van der Waals surface area contributed by atoms with Crippen molar-refractivity contribution in [3.8, 4) is 0 Å². The van der Waals surface area contributed by atoms with Crippen molar-refractivity contribution in [2.75, 3.05) is 6.26 Å². The smallest absolute Gasteiger partial charge is 0.229 e. The van der Waals surface area contributed by atoms with E-state index in [-0.39, 0.29) is 11.9 Å². The van der Waals surface area contributed by atoms with E-state index in [9.17, 15) is 4.79 Å². The lowest BCUT2D eigenvalue weighted by Crippen LogP contribution is -2.35. The largest absolute Gasteiger partial charge is 0.349 e. The summed E-state index contributed by atoms with van der Waals surface area (Å²) in [5.74, 6) is -0.0843. The van der Waals surface area contributed by atoms with Gasteiger partial charge in [0.05, 0.1) is 11.5 Å². The van der Waals surface area contributed by atoms with Gasteiger partial charge in [-0.2, -0.15) is 0 Å². The number of rotatable bonds is 4. The monoisotopic (exact) mass is 317 g/mol. The Kier molecular flexibility index (Phi) is 4.10. The molecule has 1 aliphatic rings. The Morgan fingerprint density at radius 3 is 2.32 bits per heavy atom. The van der Waals surface area contributed by atoms with Crippen LogP contribution in [0.3, 0.4) is 0 Å². The molecule has 19 heavy (non-hydrogen) atoms. The van der Waals surface area contributed by atoms with Crippen molar-refractivity contribution in [2.45, 2.75) is 35.5 Å². The molecule has 1 saturated carbocycles. The molecule has 2 rings (SSSR count). The van der Waals surface area contributed by atoms with Gasteiger partial charge in [0, 0.05) is 4.90 Å². The van der Waals surface area contributed by atoms with Crippen LogP contribution in [0.2, 0.25) is 0 Å². The average Bonchev–Trinajstić information content (AvgIpc) is 2.90. The molecule has 1 N–H and O–H groups in total. The van der Waals surface area contributed by atoms with E-state index in [0.717, 1.165) is 5.56 Å². The predicted molar refractivity (Wildman–Crippen MR) is 81.9 cm³/mol. The van der Waals surface area contributed by atoms with Crippen LogP contribution in [0.25, 0.3) is 0 Å². The first-order valence-electron chi connectivity index (χ1n) is 6.13. The number of nitrogens with one attached hydrogen (secondary N) is 1. The van der Waals surface area contributed by atoms with Gasteiger partial charge < -0.3 is 5.32 Å². The highest BCUT2D eigenvalue weighted by molar-refractivity contribution is 7.98. The maximum Gasteiger partial charge on any atom is 0.229 e. The fourth-order valence-electron chi connectivity index (χ4n) is 1.98. The number of alkyl halides is 2. The molecule has 0 radical (unpaired) electrons. The van der Waals surface area contributed by atoms with Crippen LogP contribution in [0.1, 0.15) is 31.9 Å². The van der Waals surface area contributed by atoms with Gasteiger partial charge in [0.15, 0.2) is 0 Å². The highest BCUT2D eigenvalue weighted by Crippen LogP contribution is 2.63. The van der Waals surface area contributed by atoms with Crippen molar-refractivity contribution in [3.05, 3.63) is 29.8 Å². The topological polar surface area (TPSA) is 29.1 Å². The van der Waals surface area contributed by atoms with Gasteiger partial charge in [0.2, 0.25) is 5.91 Å². The van der Waals surface area contributed by atoms with Gasteiger partial charge in [-0.15, -0.1) is 35.0 Å². The summed E-state index contributed by atoms with van der Waals surface area (Å²) in [6, 6.07) is 8.11. The maximum atomic E-state index is 12.2. The SMILES string of the molecule is CSc1ccc(C(C)NC(=O)C2(C)CC2(Cl)Cl)cc1. The van der Waals surface area contributed by atoms with Crippen molar-refractivity contribution in [1.82, 2.24) is 5.32 Å². The minimum absolute atomic E-state index is 0.0510. The van der Waals surface area contributed by atoms with Crippen LogP contribution in [-0.2, 0) is 4.79 Å². The van der Waals surface area contributed by atoms with Crippen molar-refractivity contribution >= 4 is 40.9 Å². The Balaban J connectivity index is 2.01. The van der Waals surface area contributed by atoms with Crippen molar-refractivity contribution in [1.29, 1.82) is 0 Å². The Morgan fingerprint density at radius 1 is 1.37 bits per heavy atom. The molecule has 2 nitrogen and oxygen atoms in total. The number of benzene rings is 1. The van der Waals surface area contributed by atoms with Crippen molar-refractivity contribution in [3.63, 3.8) is 0 Å². The fraction of sp³-hybridized carbons (Fsp3) is 0.500. The minimum atomic E-state index is -0.917. The lowest BCUT2D eigenvalue weighted by Gasteiger charge is -2.18. The first kappa shape index (κ1) is 15.0. The second kappa shape index (κ2) is 5.19. The number of hydrogen-bond acceptors (Lipinski definition) is 2. The summed E-state index contributed by atoms with van der Waals surface area (Å²) in [5, 5.41) is 2.98. The molecular formula is C14H17Cl2NOS. The van der Waals surface area contributed by atoms with Crippen LogP contribution in [-0.4, -0.2) is 16.5 Å². The van der Waals surface area contributed by atoms with Crippen LogP contribution >= 0.6 is 35.0 Å². The van der Waals surface area contributed by atoms with E-state index in [2.05, 4.69) is 17.4 Å². The molecule has 1 aliphatic carbocycles. The first-order chi connectivity index (χ1) is 8.80. The molecule has 1 fully saturated rings. The molecule has 2 unspecified atom stereocenters. The number of hydrogen-bond donors (Lipinski definition) is 1. The molecule has 0 bridgehead atoms. The van der Waals surface area contributed by atoms with Gasteiger partial charge in [-0.3, -0.25) is 4.79 Å². The number of halogens is 2. The van der Waals surface area contributed by atoms with E-state index >= 15 is 0 Å². The maximum absolute atomic E-state index is 12.2. The van der Waals surface area contributed by atoms with Gasteiger partial charge in [0.1, 0.15) is 4.33 Å². The average molecular weight is 318 g/mol. The lowest BCUT2D eigenvalue weighted by atomic mass is 10.1. The zero-order chi connectivity index (χ0) is 14.3. The van der Waals surface area contributed by atoms with Crippen LogP contribution < -0.4 is 5.32 Å². The van der Waals surface area contributed by atoms with Crippen LogP contribution in [0.5, 0.6) is 0 Å². The summed E-state index contributed by atoms with van der Waals surface area (Å²) in [7, 11) is 0. The molecule has 104 valence electrons. The quantitative estimate of drug-likeness (QED) is 0.667. The standard InChI is InChI=1S/C14H17Cl2NOS/c1-9(10-4-6-11(19-3)7-5-10)17-12(18)13(2)8-14(13,15)16/h4-7,9H,8H2,1-3H3,(H,17,18). The second-order valence-electron chi connectivity index (χ2n) is 5.18. The van der Waals surface area contributed by atoms with E-state index in [0.29, 0.717) is 6.42 Å². The number of thioether (sulfide) groups is 1. The van der Waals surface area contributed by atoms with Gasteiger partial charge in [-0.25, -0.2) is 0 Å². The molecule has 0 saturated heterocycles. The lowest BCUT2D eigenvalue weighted by molar-refractivity contribution is -0.126. The molecule has 0 aliphatic heterocycles. The summed E-state index contributed by atoms with van der Waals surface area (Å²) in [6.07, 6.45) is 2.54. The minimum Gasteiger partial charge on any atom is -0.349 e. The summed E-state index contributed by atoms with van der Waals surface area (Å²) in [6.45, 7) is 3.76. The first-order valence-corrected chi connectivity index (χ1v) is 8.11. The normalized spacial score (nSPS) is 25.7. The summed E-state index contributed by atoms with van der Waals surface area (Å²) < 4.78 is -0.917. The summed E-state index contributed by atoms with van der Waals surface area (Å²) in [5.41, 5.74) is 0.411. The highest BCUT2D eigenvalue weighted by atomic mass is 35.5. The van der Waals surface area contributed by atoms with Gasteiger partial charge in [-0.05, 0) is 44.2 Å². The number of amides is 1. The van der Waals surface area contributed by atoms with Crippen LogP contribution in [0, 0.1) is 5.41 Å². The Hall–Kier alpha value is -0.380. The molecule has 1 amide bonds. The summed E-state index contributed by atoms with van der Waals surface area (Å²) >= 11 is 13.7. The van der Waals surface area contributed by atoms with E-state index in [1.54, 1.807) is 18.7 Å². The zero-order valence-corrected chi connectivity index (χ0v) is 13.5. The highest BCUT2D eigenvalue weighted by Gasteiger charge is 2.67. The third-order valence-electron chi connectivity index (χ3n) is 3.72. The third-order valence-corrected chi connectivity index (χ3v) is 5.57. The van der Waals surface area contributed by atoms with E-state index in [4.69, 9.17) is 23.2 Å². The molecule has 5 heteroatoms. The zero-order valence-electron chi connectivity index (χ0n) is 11.2. The van der Waals surface area contributed by atoms with Crippen LogP contribution in [0.4, 0.5) is 0 Å². The predicted octanol–water partition coefficient (Wildman–Crippen LogP) is 4.17. The summed E-state index contributed by atoms with van der Waals surface area (Å²) in [4.78, 5) is 13.4. The molecule has 0 aromatic heterocycles. The number of carbonyl (C=O) groups is 1. The molecule has 0 heterocycles. The van der Waals surface area contributed by atoms with Gasteiger partial charge >= 0.3 is 0 Å². The molecule has 2 atom stereocenters. The Labute approximate surface area is 128 Å². The van der Waals surface area contributed by atoms with Crippen LogP contribution in [0.15, 0.2) is 29.2 Å². The fourth-order valence-corrected chi connectivity index (χ4v) is 3.09. The van der Waals surface area contributed by atoms with Gasteiger partial charge in [-0.1, -0.05) is 12.1 Å². The third kappa shape index (κ3) is 2.88. The molecule has 0 spiro atoms. The van der Waals surface area contributed by atoms with Crippen molar-refractivity contribution in [2.24, 2.45) is 5.41 Å². The Bertz CT molecular complexity index is 489. The number of carbonyl (C=O) groups excluding carboxylic acids is 1. The van der Waals surface area contributed by atoms with Gasteiger partial charge in [0.25, 0.3) is 0 Å². The van der Waals surface area contributed by atoms with E-state index in [1.807, 2.05) is 25.3 Å². The molecule has 1 aromatic carbocycles.